The molecule has 0 rings (SSSR count). The van der Waals surface area contributed by atoms with E-state index in [1.807, 2.05) is 6.08 Å². The summed E-state index contributed by atoms with van der Waals surface area (Å²) in [4.78, 5) is 2.35. The zero-order valence-electron chi connectivity index (χ0n) is 9.46. The molecule has 0 atom stereocenters. The molecular formula is C11H24N2. The van der Waals surface area contributed by atoms with E-state index in [4.69, 9.17) is 5.73 Å². The van der Waals surface area contributed by atoms with E-state index >= 15 is 0 Å². The maximum absolute atomic E-state index is 5.42. The Labute approximate surface area is 82.8 Å². The topological polar surface area (TPSA) is 29.3 Å². The predicted molar refractivity (Wildman–Crippen MR) is 59.4 cm³/mol. The van der Waals surface area contributed by atoms with Gasteiger partial charge in [-0.25, -0.2) is 0 Å². The van der Waals surface area contributed by atoms with Gasteiger partial charge < -0.3 is 10.6 Å². The zero-order valence-corrected chi connectivity index (χ0v) is 9.46. The normalized spacial score (nSPS) is 11.9. The van der Waals surface area contributed by atoms with Crippen LogP contribution in [0.4, 0.5) is 0 Å². The summed E-state index contributed by atoms with van der Waals surface area (Å²) in [5, 5.41) is 0. The minimum Gasteiger partial charge on any atom is -0.377 e. The van der Waals surface area contributed by atoms with Crippen molar-refractivity contribution >= 4 is 0 Å². The van der Waals surface area contributed by atoms with E-state index in [9.17, 15) is 0 Å². The summed E-state index contributed by atoms with van der Waals surface area (Å²) in [5.74, 6) is 1.42. The third kappa shape index (κ3) is 7.85. The van der Waals surface area contributed by atoms with E-state index in [0.717, 1.165) is 13.1 Å². The van der Waals surface area contributed by atoms with Gasteiger partial charge in [-0.05, 0) is 18.0 Å². The number of hydrogen-bond acceptors (Lipinski definition) is 2. The molecule has 0 bridgehead atoms. The van der Waals surface area contributed by atoms with Gasteiger partial charge in [0, 0.05) is 19.6 Å². The largest absolute Gasteiger partial charge is 0.377 e. The van der Waals surface area contributed by atoms with Crippen molar-refractivity contribution in [2.24, 2.45) is 17.6 Å². The van der Waals surface area contributed by atoms with Crippen LogP contribution in [0, 0.1) is 11.8 Å². The summed E-state index contributed by atoms with van der Waals surface area (Å²) in [6, 6.07) is 0. The lowest BCUT2D eigenvalue weighted by molar-refractivity contribution is 0.296. The van der Waals surface area contributed by atoms with Crippen molar-refractivity contribution in [2.75, 3.05) is 19.6 Å². The lowest BCUT2D eigenvalue weighted by Gasteiger charge is -2.24. The van der Waals surface area contributed by atoms with Crippen LogP contribution in [0.5, 0.6) is 0 Å². The third-order valence-electron chi connectivity index (χ3n) is 1.65. The molecule has 0 radical (unpaired) electrons. The molecule has 0 amide bonds. The minimum atomic E-state index is 0.632. The fourth-order valence-electron chi connectivity index (χ4n) is 1.34. The third-order valence-corrected chi connectivity index (χ3v) is 1.65. The first-order chi connectivity index (χ1) is 6.06. The minimum absolute atomic E-state index is 0.632. The van der Waals surface area contributed by atoms with Crippen LogP contribution < -0.4 is 5.73 Å². The molecule has 0 aliphatic rings. The van der Waals surface area contributed by atoms with Crippen molar-refractivity contribution in [2.45, 2.75) is 27.7 Å². The summed E-state index contributed by atoms with van der Waals surface area (Å²) in [6.45, 7) is 11.8. The second kappa shape index (κ2) is 6.96. The number of nitrogens with zero attached hydrogens (tertiary/aromatic N) is 1. The first kappa shape index (κ1) is 12.5. The smallest absolute Gasteiger partial charge is 0.0195 e. The van der Waals surface area contributed by atoms with E-state index < -0.39 is 0 Å². The molecule has 2 nitrogen and oxygen atoms in total. The lowest BCUT2D eigenvalue weighted by atomic mass is 10.1. The lowest BCUT2D eigenvalue weighted by Crippen LogP contribution is -2.26. The van der Waals surface area contributed by atoms with Crippen LogP contribution >= 0.6 is 0 Å². The molecule has 0 spiro atoms. The highest BCUT2D eigenvalue weighted by Crippen LogP contribution is 2.03. The molecule has 0 saturated carbocycles. The van der Waals surface area contributed by atoms with Gasteiger partial charge >= 0.3 is 0 Å². The Morgan fingerprint density at radius 1 is 1.08 bits per heavy atom. The average molecular weight is 184 g/mol. The second-order valence-electron chi connectivity index (χ2n) is 4.36. The molecular weight excluding hydrogens is 160 g/mol. The summed E-state index contributed by atoms with van der Waals surface area (Å²) >= 11 is 0. The maximum atomic E-state index is 5.42. The fraction of sp³-hybridized carbons (Fsp3) is 0.818. The SMILES string of the molecule is CC(C)CN(C=CCN)CC(C)C. The molecule has 0 fully saturated rings. The van der Waals surface area contributed by atoms with Crippen LogP contribution in [-0.2, 0) is 0 Å². The van der Waals surface area contributed by atoms with Crippen LogP contribution in [0.25, 0.3) is 0 Å². The molecule has 0 aromatic rings. The average Bonchev–Trinajstić information content (AvgIpc) is 1.98. The summed E-state index contributed by atoms with van der Waals surface area (Å²) in [5.41, 5.74) is 5.42. The highest BCUT2D eigenvalue weighted by molar-refractivity contribution is 4.84. The van der Waals surface area contributed by atoms with E-state index in [1.165, 1.54) is 0 Å². The zero-order chi connectivity index (χ0) is 10.3. The quantitative estimate of drug-likeness (QED) is 0.685. The summed E-state index contributed by atoms with van der Waals surface area (Å²) in [7, 11) is 0. The van der Waals surface area contributed by atoms with Gasteiger partial charge in [-0.2, -0.15) is 0 Å². The van der Waals surface area contributed by atoms with Crippen LogP contribution in [0.15, 0.2) is 12.3 Å². The molecule has 2 N–H and O–H groups in total. The second-order valence-corrected chi connectivity index (χ2v) is 4.36. The first-order valence-electron chi connectivity index (χ1n) is 5.17. The highest BCUT2D eigenvalue weighted by atomic mass is 15.1. The van der Waals surface area contributed by atoms with Crippen molar-refractivity contribution in [1.29, 1.82) is 0 Å². The van der Waals surface area contributed by atoms with Gasteiger partial charge in [-0.3, -0.25) is 0 Å². The molecule has 0 aromatic heterocycles. The van der Waals surface area contributed by atoms with Gasteiger partial charge in [0.25, 0.3) is 0 Å². The van der Waals surface area contributed by atoms with E-state index in [-0.39, 0.29) is 0 Å². The Hall–Kier alpha value is -0.500. The maximum Gasteiger partial charge on any atom is 0.0195 e. The molecule has 0 unspecified atom stereocenters. The fourth-order valence-corrected chi connectivity index (χ4v) is 1.34. The van der Waals surface area contributed by atoms with Crippen LogP contribution in [0.2, 0.25) is 0 Å². The van der Waals surface area contributed by atoms with E-state index in [0.29, 0.717) is 18.4 Å². The Kier molecular flexibility index (Phi) is 6.69. The standard InChI is InChI=1S/C11H24N2/c1-10(2)8-13(7-5-6-12)9-11(3)4/h5,7,10-11H,6,8-9,12H2,1-4H3. The summed E-state index contributed by atoms with van der Waals surface area (Å²) in [6.07, 6.45) is 4.14. The van der Waals surface area contributed by atoms with Gasteiger partial charge in [0.2, 0.25) is 0 Å². The molecule has 0 heterocycles. The Morgan fingerprint density at radius 3 is 1.85 bits per heavy atom. The van der Waals surface area contributed by atoms with Gasteiger partial charge in [-0.1, -0.05) is 33.8 Å². The van der Waals surface area contributed by atoms with Crippen molar-refractivity contribution in [3.8, 4) is 0 Å². The van der Waals surface area contributed by atoms with E-state index in [2.05, 4.69) is 38.8 Å². The van der Waals surface area contributed by atoms with Gasteiger partial charge in [0.05, 0.1) is 0 Å². The highest BCUT2D eigenvalue weighted by Gasteiger charge is 2.04. The van der Waals surface area contributed by atoms with E-state index in [1.54, 1.807) is 0 Å². The van der Waals surface area contributed by atoms with Crippen molar-refractivity contribution in [1.82, 2.24) is 4.90 Å². The molecule has 13 heavy (non-hydrogen) atoms. The molecule has 0 saturated heterocycles. The Morgan fingerprint density at radius 2 is 1.54 bits per heavy atom. The van der Waals surface area contributed by atoms with Crippen molar-refractivity contribution < 1.29 is 0 Å². The van der Waals surface area contributed by atoms with Crippen molar-refractivity contribution in [3.05, 3.63) is 12.3 Å². The molecule has 78 valence electrons. The van der Waals surface area contributed by atoms with Crippen LogP contribution in [0.1, 0.15) is 27.7 Å². The number of hydrogen-bond donors (Lipinski definition) is 1. The first-order valence-corrected chi connectivity index (χ1v) is 5.17. The Balaban J connectivity index is 3.95. The molecule has 0 aromatic carbocycles. The predicted octanol–water partition coefficient (Wildman–Crippen LogP) is 2.07. The van der Waals surface area contributed by atoms with Gasteiger partial charge in [-0.15, -0.1) is 0 Å². The number of rotatable bonds is 6. The monoisotopic (exact) mass is 184 g/mol. The van der Waals surface area contributed by atoms with Gasteiger partial charge in [0.1, 0.15) is 0 Å². The molecule has 0 aliphatic heterocycles. The number of nitrogens with two attached hydrogens (primary N) is 1. The van der Waals surface area contributed by atoms with Crippen LogP contribution in [-0.4, -0.2) is 24.5 Å². The van der Waals surface area contributed by atoms with Crippen molar-refractivity contribution in [3.63, 3.8) is 0 Å². The van der Waals surface area contributed by atoms with Gasteiger partial charge in [0.15, 0.2) is 0 Å². The summed E-state index contributed by atoms with van der Waals surface area (Å²) < 4.78 is 0. The van der Waals surface area contributed by atoms with Crippen LogP contribution in [0.3, 0.4) is 0 Å². The molecule has 0 aliphatic carbocycles. The Bertz CT molecular complexity index is 129. The molecule has 2 heteroatoms.